The molecule has 0 radical (unpaired) electrons. The number of imidazole rings is 1. The summed E-state index contributed by atoms with van der Waals surface area (Å²) in [6.07, 6.45) is 13.5. The highest BCUT2D eigenvalue weighted by Crippen LogP contribution is 2.21. The fourth-order valence-corrected chi connectivity index (χ4v) is 6.36. The van der Waals surface area contributed by atoms with Crippen molar-refractivity contribution < 1.29 is 19.1 Å². The number of esters is 1. The van der Waals surface area contributed by atoms with Crippen LogP contribution in [-0.4, -0.2) is 76.5 Å². The molecule has 3 aromatic rings. The highest BCUT2D eigenvalue weighted by Gasteiger charge is 2.26. The van der Waals surface area contributed by atoms with Crippen molar-refractivity contribution in [3.8, 4) is 0 Å². The molecule has 0 saturated heterocycles. The largest absolute Gasteiger partial charge is 0.467 e. The van der Waals surface area contributed by atoms with E-state index < -0.39 is 12.0 Å². The summed E-state index contributed by atoms with van der Waals surface area (Å²) in [6, 6.07) is 13.5. The number of aromatic nitrogens is 2. The third-order valence-corrected chi connectivity index (χ3v) is 9.72. The maximum atomic E-state index is 13.6. The van der Waals surface area contributed by atoms with Crippen LogP contribution in [0.1, 0.15) is 71.6 Å². The third kappa shape index (κ3) is 13.4. The average Bonchev–Trinajstić information content (AvgIpc) is 3.54. The summed E-state index contributed by atoms with van der Waals surface area (Å²) < 4.78 is 7.00. The zero-order valence-corrected chi connectivity index (χ0v) is 31.9. The molecule has 272 valence electrons. The van der Waals surface area contributed by atoms with Crippen LogP contribution in [-0.2, 0) is 38.6 Å². The number of hydrogen-bond donors (Lipinski definition) is 2. The van der Waals surface area contributed by atoms with E-state index in [1.54, 1.807) is 24.3 Å². The molecule has 50 heavy (non-hydrogen) atoms. The van der Waals surface area contributed by atoms with Gasteiger partial charge in [-0.15, -0.1) is 0 Å². The fraction of sp³-hybridized carbons (Fsp3) is 0.500. The number of amides is 2. The molecule has 2 amide bonds. The predicted molar refractivity (Wildman–Crippen MR) is 206 cm³/mol. The molecule has 0 saturated carbocycles. The van der Waals surface area contributed by atoms with E-state index in [2.05, 4.69) is 91.6 Å². The summed E-state index contributed by atoms with van der Waals surface area (Å²) in [5, 5.41) is 8.46. The van der Waals surface area contributed by atoms with Gasteiger partial charge >= 0.3 is 5.97 Å². The summed E-state index contributed by atoms with van der Waals surface area (Å²) in [4.78, 5) is 46.0. The van der Waals surface area contributed by atoms with E-state index in [1.165, 1.54) is 18.3 Å². The van der Waals surface area contributed by atoms with Crippen molar-refractivity contribution in [3.63, 3.8) is 0 Å². The first-order valence-corrected chi connectivity index (χ1v) is 19.1. The van der Waals surface area contributed by atoms with Crippen LogP contribution in [0.3, 0.4) is 0 Å². The highest BCUT2D eigenvalue weighted by atomic mass is 32.2. The van der Waals surface area contributed by atoms with Crippen molar-refractivity contribution in [2.45, 2.75) is 91.9 Å². The molecule has 1 heterocycles. The minimum atomic E-state index is -0.717. The molecular weight excluding hydrogens is 647 g/mol. The summed E-state index contributed by atoms with van der Waals surface area (Å²) in [7, 11) is 1.34. The summed E-state index contributed by atoms with van der Waals surface area (Å²) in [5.41, 5.74) is 4.57. The fourth-order valence-electron chi connectivity index (χ4n) is 5.88. The number of ether oxygens (including phenoxy) is 1. The maximum Gasteiger partial charge on any atom is 0.328 e. The van der Waals surface area contributed by atoms with Gasteiger partial charge in [0.25, 0.3) is 0 Å². The molecule has 2 aromatic carbocycles. The van der Waals surface area contributed by atoms with E-state index in [0.717, 1.165) is 41.3 Å². The lowest BCUT2D eigenvalue weighted by Crippen LogP contribution is -2.51. The Hall–Kier alpha value is -3.89. The standard InChI is InChI=1S/C40H57N5O4S/c1-8-31(5)37(43-38(46)23-34-24-41-28-45(34)21-19-30(4)14-11-13-29(2)3)26-44(25-33-17-12-16-32-15-9-10-18-35(32)33)27-39(47)42-36(20-22-50-7)40(48)49-6/h9-10,12-13,15-19,24,28,31,36-37H,8,11,14,20-23,25-27H2,1-7H3,(H,42,47)(H,43,46)/b30-19+/t31?,36-,37+/m0/s1. The predicted octanol–water partition coefficient (Wildman–Crippen LogP) is 6.72. The Balaban J connectivity index is 1.79. The van der Waals surface area contributed by atoms with Gasteiger partial charge in [0.15, 0.2) is 0 Å². The SMILES string of the molecule is CCC(C)[C@@H](CN(CC(=O)N[C@@H](CCSC)C(=O)OC)Cc1cccc2ccccc12)NC(=O)Cc1cncn1C/C=C(\C)CCC=C(C)C. The minimum absolute atomic E-state index is 0.0604. The zero-order chi connectivity index (χ0) is 36.5. The molecule has 10 heteroatoms. The van der Waals surface area contributed by atoms with Gasteiger partial charge in [-0.25, -0.2) is 9.78 Å². The van der Waals surface area contributed by atoms with Gasteiger partial charge in [-0.05, 0) is 74.3 Å². The number of hydrogen-bond acceptors (Lipinski definition) is 7. The number of carbonyl (C=O) groups excluding carboxylic acids is 3. The maximum absolute atomic E-state index is 13.6. The normalized spacial score (nSPS) is 13.5. The third-order valence-electron chi connectivity index (χ3n) is 9.07. The summed E-state index contributed by atoms with van der Waals surface area (Å²) >= 11 is 1.61. The molecule has 0 bridgehead atoms. The lowest BCUT2D eigenvalue weighted by molar-refractivity contribution is -0.145. The van der Waals surface area contributed by atoms with Crippen LogP contribution < -0.4 is 10.6 Å². The van der Waals surface area contributed by atoms with Gasteiger partial charge < -0.3 is 19.9 Å². The number of allylic oxidation sites excluding steroid dienone is 4. The lowest BCUT2D eigenvalue weighted by Gasteiger charge is -2.32. The van der Waals surface area contributed by atoms with E-state index >= 15 is 0 Å². The van der Waals surface area contributed by atoms with Gasteiger partial charge in [0, 0.05) is 37.6 Å². The summed E-state index contributed by atoms with van der Waals surface area (Å²) in [5.74, 6) is 0.0688. The Bertz CT molecular complexity index is 1590. The van der Waals surface area contributed by atoms with Crippen LogP contribution in [0, 0.1) is 5.92 Å². The van der Waals surface area contributed by atoms with Crippen molar-refractivity contribution in [1.29, 1.82) is 0 Å². The van der Waals surface area contributed by atoms with E-state index in [0.29, 0.717) is 31.8 Å². The van der Waals surface area contributed by atoms with Crippen molar-refractivity contribution in [2.75, 3.05) is 32.2 Å². The molecule has 3 rings (SSSR count). The number of rotatable bonds is 21. The van der Waals surface area contributed by atoms with Crippen molar-refractivity contribution >= 4 is 40.3 Å². The van der Waals surface area contributed by atoms with Gasteiger partial charge in [-0.2, -0.15) is 11.8 Å². The Morgan fingerprint density at radius 3 is 2.52 bits per heavy atom. The first-order chi connectivity index (χ1) is 24.0. The first kappa shape index (κ1) is 40.5. The van der Waals surface area contributed by atoms with Crippen LogP contribution in [0.5, 0.6) is 0 Å². The molecule has 9 nitrogen and oxygen atoms in total. The second-order valence-electron chi connectivity index (χ2n) is 13.4. The van der Waals surface area contributed by atoms with Crippen LogP contribution in [0.15, 0.2) is 78.3 Å². The molecule has 0 aliphatic carbocycles. The van der Waals surface area contributed by atoms with Crippen LogP contribution in [0.25, 0.3) is 10.8 Å². The quantitative estimate of drug-likeness (QED) is 0.0938. The number of methoxy groups -OCH3 is 1. The molecule has 0 aliphatic heterocycles. The molecule has 1 unspecified atom stereocenters. The molecule has 2 N–H and O–H groups in total. The van der Waals surface area contributed by atoms with Gasteiger partial charge in [0.05, 0.1) is 26.4 Å². The van der Waals surface area contributed by atoms with E-state index in [1.807, 2.05) is 29.0 Å². The second kappa shape index (κ2) is 21.4. The summed E-state index contributed by atoms with van der Waals surface area (Å²) in [6.45, 7) is 12.3. The van der Waals surface area contributed by atoms with Gasteiger partial charge in [-0.3, -0.25) is 14.5 Å². The van der Waals surface area contributed by atoms with Gasteiger partial charge in [0.2, 0.25) is 11.8 Å². The number of nitrogens with zero attached hydrogens (tertiary/aromatic N) is 3. The Morgan fingerprint density at radius 2 is 1.80 bits per heavy atom. The number of thioether (sulfide) groups is 1. The zero-order valence-electron chi connectivity index (χ0n) is 31.0. The molecule has 3 atom stereocenters. The number of benzene rings is 2. The Morgan fingerprint density at radius 1 is 1.04 bits per heavy atom. The number of fused-ring (bicyclic) bond motifs is 1. The van der Waals surface area contributed by atoms with E-state index in [-0.39, 0.29) is 36.7 Å². The smallest absolute Gasteiger partial charge is 0.328 e. The highest BCUT2D eigenvalue weighted by molar-refractivity contribution is 7.98. The lowest BCUT2D eigenvalue weighted by atomic mass is 9.97. The minimum Gasteiger partial charge on any atom is -0.467 e. The van der Waals surface area contributed by atoms with Crippen LogP contribution >= 0.6 is 11.8 Å². The monoisotopic (exact) mass is 703 g/mol. The van der Waals surface area contributed by atoms with Gasteiger partial charge in [0.1, 0.15) is 6.04 Å². The molecular formula is C40H57N5O4S. The number of carbonyl (C=O) groups is 3. The van der Waals surface area contributed by atoms with E-state index in [9.17, 15) is 14.4 Å². The van der Waals surface area contributed by atoms with Crippen molar-refractivity contribution in [2.24, 2.45) is 5.92 Å². The molecule has 1 aromatic heterocycles. The Labute approximate surface area is 303 Å². The first-order valence-electron chi connectivity index (χ1n) is 17.7. The van der Waals surface area contributed by atoms with Gasteiger partial charge in [-0.1, -0.05) is 86.0 Å². The second-order valence-corrected chi connectivity index (χ2v) is 14.4. The molecule has 0 aliphatic rings. The average molecular weight is 704 g/mol. The van der Waals surface area contributed by atoms with Crippen LogP contribution in [0.2, 0.25) is 0 Å². The van der Waals surface area contributed by atoms with E-state index in [4.69, 9.17) is 4.74 Å². The Kier molecular flexibility index (Phi) is 17.3. The van der Waals surface area contributed by atoms with Crippen molar-refractivity contribution in [1.82, 2.24) is 25.1 Å². The van der Waals surface area contributed by atoms with Crippen LogP contribution in [0.4, 0.5) is 0 Å². The topological polar surface area (TPSA) is 106 Å². The molecule has 0 fully saturated rings. The number of nitrogens with one attached hydrogen (secondary N) is 2. The molecule has 0 spiro atoms. The van der Waals surface area contributed by atoms with Crippen molar-refractivity contribution in [3.05, 3.63) is 89.5 Å².